The Bertz CT molecular complexity index is 488. The van der Waals surface area contributed by atoms with Crippen LogP contribution in [0.15, 0.2) is 46.1 Å². The molecule has 0 aliphatic carbocycles. The van der Waals surface area contributed by atoms with Crippen molar-refractivity contribution < 1.29 is 4.42 Å². The van der Waals surface area contributed by atoms with E-state index in [2.05, 4.69) is 23.8 Å². The highest BCUT2D eigenvalue weighted by atomic mass is 32.2. The van der Waals surface area contributed by atoms with Crippen LogP contribution in [0, 0.1) is 0 Å². The summed E-state index contributed by atoms with van der Waals surface area (Å²) < 4.78 is 5.63. The van der Waals surface area contributed by atoms with E-state index in [0.717, 1.165) is 41.9 Å². The zero-order valence-corrected chi connectivity index (χ0v) is 11.4. The Balaban J connectivity index is 1.84. The summed E-state index contributed by atoms with van der Waals surface area (Å²) in [4.78, 5) is 4.42. The van der Waals surface area contributed by atoms with Crippen LogP contribution in [0.4, 0.5) is 0 Å². The minimum absolute atomic E-state index is 0.716. The lowest BCUT2D eigenvalue weighted by molar-refractivity contribution is 0.489. The molecule has 2 aromatic rings. The van der Waals surface area contributed by atoms with Gasteiger partial charge in [-0.05, 0) is 25.1 Å². The SMILES string of the molecule is C=C(CNCCC)CSc1nc2ccccc2o1. The van der Waals surface area contributed by atoms with Crippen LogP contribution in [-0.2, 0) is 0 Å². The van der Waals surface area contributed by atoms with E-state index < -0.39 is 0 Å². The average molecular weight is 262 g/mol. The maximum Gasteiger partial charge on any atom is 0.257 e. The van der Waals surface area contributed by atoms with Crippen LogP contribution in [-0.4, -0.2) is 23.8 Å². The van der Waals surface area contributed by atoms with Crippen LogP contribution in [0.2, 0.25) is 0 Å². The maximum absolute atomic E-state index is 5.63. The van der Waals surface area contributed by atoms with E-state index in [0.29, 0.717) is 5.22 Å². The van der Waals surface area contributed by atoms with E-state index in [9.17, 15) is 0 Å². The topological polar surface area (TPSA) is 38.1 Å². The molecule has 0 atom stereocenters. The van der Waals surface area contributed by atoms with Gasteiger partial charge in [0.25, 0.3) is 5.22 Å². The Morgan fingerprint density at radius 3 is 3.06 bits per heavy atom. The summed E-state index contributed by atoms with van der Waals surface area (Å²) in [7, 11) is 0. The van der Waals surface area contributed by atoms with Crippen molar-refractivity contribution in [3.63, 3.8) is 0 Å². The van der Waals surface area contributed by atoms with E-state index in [1.54, 1.807) is 11.8 Å². The minimum Gasteiger partial charge on any atom is -0.431 e. The number of hydrogen-bond acceptors (Lipinski definition) is 4. The first-order chi connectivity index (χ1) is 8.79. The molecule has 96 valence electrons. The molecule has 0 amide bonds. The standard InChI is InChI=1S/C14H18N2OS/c1-3-8-15-9-11(2)10-18-14-16-12-6-4-5-7-13(12)17-14/h4-7,15H,2-3,8-10H2,1H3. The Hall–Kier alpha value is -1.26. The van der Waals surface area contributed by atoms with E-state index in [1.807, 2.05) is 24.3 Å². The number of para-hydroxylation sites is 2. The first kappa shape index (κ1) is 13.2. The van der Waals surface area contributed by atoms with Gasteiger partial charge in [-0.3, -0.25) is 0 Å². The highest BCUT2D eigenvalue weighted by molar-refractivity contribution is 7.99. The van der Waals surface area contributed by atoms with Gasteiger partial charge in [-0.2, -0.15) is 0 Å². The Kier molecular flexibility index (Phi) is 4.84. The fourth-order valence-corrected chi connectivity index (χ4v) is 2.31. The van der Waals surface area contributed by atoms with Gasteiger partial charge in [-0.15, -0.1) is 0 Å². The highest BCUT2D eigenvalue weighted by Gasteiger charge is 2.05. The van der Waals surface area contributed by atoms with Gasteiger partial charge in [0.05, 0.1) is 0 Å². The number of fused-ring (bicyclic) bond motifs is 1. The summed E-state index contributed by atoms with van der Waals surface area (Å²) in [5.74, 6) is 0.837. The smallest absolute Gasteiger partial charge is 0.257 e. The first-order valence-corrected chi connectivity index (χ1v) is 7.14. The molecule has 18 heavy (non-hydrogen) atoms. The highest BCUT2D eigenvalue weighted by Crippen LogP contribution is 2.24. The summed E-state index contributed by atoms with van der Waals surface area (Å²) in [6, 6.07) is 7.81. The fourth-order valence-electron chi connectivity index (χ4n) is 1.57. The molecule has 1 aromatic carbocycles. The van der Waals surface area contributed by atoms with Crippen LogP contribution >= 0.6 is 11.8 Å². The number of nitrogens with one attached hydrogen (secondary N) is 1. The van der Waals surface area contributed by atoms with Gasteiger partial charge in [-0.25, -0.2) is 4.98 Å². The Labute approximate surface area is 112 Å². The molecule has 0 saturated heterocycles. The number of rotatable bonds is 7. The van der Waals surface area contributed by atoms with Gasteiger partial charge in [-0.1, -0.05) is 43.0 Å². The quantitative estimate of drug-likeness (QED) is 0.471. The molecule has 1 aromatic heterocycles. The van der Waals surface area contributed by atoms with Crippen molar-refractivity contribution in [3.05, 3.63) is 36.4 Å². The number of thioether (sulfide) groups is 1. The third-order valence-corrected chi connectivity index (χ3v) is 3.45. The molecule has 0 radical (unpaired) electrons. The number of aromatic nitrogens is 1. The van der Waals surface area contributed by atoms with Gasteiger partial charge in [0, 0.05) is 12.3 Å². The van der Waals surface area contributed by atoms with Gasteiger partial charge in [0.1, 0.15) is 5.52 Å². The van der Waals surface area contributed by atoms with Gasteiger partial charge < -0.3 is 9.73 Å². The van der Waals surface area contributed by atoms with Crippen LogP contribution in [0.25, 0.3) is 11.1 Å². The van der Waals surface area contributed by atoms with Gasteiger partial charge in [0.2, 0.25) is 0 Å². The Morgan fingerprint density at radius 2 is 2.28 bits per heavy atom. The molecule has 0 bridgehead atoms. The monoisotopic (exact) mass is 262 g/mol. The number of hydrogen-bond donors (Lipinski definition) is 1. The predicted octanol–water partition coefficient (Wildman–Crippen LogP) is 3.48. The van der Waals surface area contributed by atoms with Crippen LogP contribution in [0.5, 0.6) is 0 Å². The molecule has 0 fully saturated rings. The molecule has 4 heteroatoms. The van der Waals surface area contributed by atoms with E-state index in [4.69, 9.17) is 4.42 Å². The molecular formula is C14H18N2OS. The lowest BCUT2D eigenvalue weighted by Gasteiger charge is -2.04. The van der Waals surface area contributed by atoms with Crippen LogP contribution in [0.1, 0.15) is 13.3 Å². The molecule has 0 unspecified atom stereocenters. The van der Waals surface area contributed by atoms with Crippen LogP contribution in [0.3, 0.4) is 0 Å². The fraction of sp³-hybridized carbons (Fsp3) is 0.357. The summed E-state index contributed by atoms with van der Waals surface area (Å²) in [5, 5.41) is 4.05. The molecule has 0 saturated carbocycles. The van der Waals surface area contributed by atoms with Gasteiger partial charge >= 0.3 is 0 Å². The van der Waals surface area contributed by atoms with Crippen LogP contribution < -0.4 is 5.32 Å². The lowest BCUT2D eigenvalue weighted by atomic mass is 10.3. The number of oxazole rings is 1. The molecule has 0 aliphatic heterocycles. The third kappa shape index (κ3) is 3.62. The predicted molar refractivity (Wildman–Crippen MR) is 77.0 cm³/mol. The Morgan fingerprint density at radius 1 is 1.44 bits per heavy atom. The minimum atomic E-state index is 0.716. The summed E-state index contributed by atoms with van der Waals surface area (Å²) in [6.45, 7) is 8.09. The molecular weight excluding hydrogens is 244 g/mol. The number of nitrogens with zero attached hydrogens (tertiary/aromatic N) is 1. The van der Waals surface area contributed by atoms with E-state index in [-0.39, 0.29) is 0 Å². The molecule has 2 rings (SSSR count). The second kappa shape index (κ2) is 6.61. The van der Waals surface area contributed by atoms with E-state index >= 15 is 0 Å². The molecule has 0 spiro atoms. The maximum atomic E-state index is 5.63. The van der Waals surface area contributed by atoms with Crippen molar-refractivity contribution in [3.8, 4) is 0 Å². The molecule has 3 nitrogen and oxygen atoms in total. The molecule has 1 N–H and O–H groups in total. The largest absolute Gasteiger partial charge is 0.431 e. The van der Waals surface area contributed by atoms with Crippen molar-refractivity contribution in [2.75, 3.05) is 18.8 Å². The zero-order chi connectivity index (χ0) is 12.8. The van der Waals surface area contributed by atoms with Crippen molar-refractivity contribution in [1.82, 2.24) is 10.3 Å². The zero-order valence-electron chi connectivity index (χ0n) is 10.6. The van der Waals surface area contributed by atoms with E-state index in [1.165, 1.54) is 0 Å². The lowest BCUT2D eigenvalue weighted by Crippen LogP contribution is -2.18. The third-order valence-electron chi connectivity index (χ3n) is 2.48. The first-order valence-electron chi connectivity index (χ1n) is 6.15. The molecule has 0 aliphatic rings. The summed E-state index contributed by atoms with van der Waals surface area (Å²) >= 11 is 1.59. The second-order valence-electron chi connectivity index (χ2n) is 4.16. The molecule has 1 heterocycles. The van der Waals surface area contributed by atoms with Gasteiger partial charge in [0.15, 0.2) is 5.58 Å². The van der Waals surface area contributed by atoms with Crippen molar-refractivity contribution in [2.45, 2.75) is 18.6 Å². The normalized spacial score (nSPS) is 10.9. The van der Waals surface area contributed by atoms with Crippen molar-refractivity contribution in [2.24, 2.45) is 0 Å². The number of benzene rings is 1. The summed E-state index contributed by atoms with van der Waals surface area (Å²) in [5.41, 5.74) is 2.92. The van der Waals surface area contributed by atoms with Crippen molar-refractivity contribution in [1.29, 1.82) is 0 Å². The summed E-state index contributed by atoms with van der Waals surface area (Å²) in [6.07, 6.45) is 1.14. The second-order valence-corrected chi connectivity index (χ2v) is 5.09. The van der Waals surface area contributed by atoms with Crippen molar-refractivity contribution >= 4 is 22.9 Å². The average Bonchev–Trinajstić information content (AvgIpc) is 2.79.